The van der Waals surface area contributed by atoms with Gasteiger partial charge in [-0.2, -0.15) is 0 Å². The Bertz CT molecular complexity index is 906. The van der Waals surface area contributed by atoms with Gasteiger partial charge in [-0.25, -0.2) is 4.68 Å². The molecule has 0 saturated carbocycles. The molecule has 2 amide bonds. The van der Waals surface area contributed by atoms with Gasteiger partial charge in [0.2, 0.25) is 5.91 Å². The monoisotopic (exact) mass is 398 g/mol. The van der Waals surface area contributed by atoms with Gasteiger partial charge >= 0.3 is 0 Å². The molecule has 0 aliphatic carbocycles. The molecule has 0 spiro atoms. The fraction of sp³-hybridized carbons (Fsp3) is 0.476. The molecule has 2 N–H and O–H groups in total. The van der Waals surface area contributed by atoms with Crippen molar-refractivity contribution in [2.24, 2.45) is 5.92 Å². The van der Waals surface area contributed by atoms with Crippen LogP contribution in [0.25, 0.3) is 5.69 Å². The number of rotatable bonds is 5. The smallest absolute Gasteiger partial charge is 0.271 e. The average molecular weight is 398 g/mol. The van der Waals surface area contributed by atoms with Gasteiger partial charge in [0, 0.05) is 32.3 Å². The van der Waals surface area contributed by atoms with E-state index in [1.54, 1.807) is 4.90 Å². The number of nitrogens with zero attached hydrogens (tertiary/aromatic N) is 2. The summed E-state index contributed by atoms with van der Waals surface area (Å²) in [7, 11) is 0. The van der Waals surface area contributed by atoms with E-state index < -0.39 is 0 Å². The number of piperidine rings is 1. The Morgan fingerprint density at radius 2 is 1.90 bits per heavy atom. The van der Waals surface area contributed by atoms with Crippen LogP contribution in [0.1, 0.15) is 36.2 Å². The lowest BCUT2D eigenvalue weighted by atomic mass is 9.96. The molecule has 4 rings (SSSR count). The summed E-state index contributed by atoms with van der Waals surface area (Å²) in [6.07, 6.45) is 3.07. The van der Waals surface area contributed by atoms with E-state index in [2.05, 4.69) is 10.4 Å². The minimum atomic E-state index is -0.304. The van der Waals surface area contributed by atoms with Crippen LogP contribution in [0, 0.1) is 5.92 Å². The fourth-order valence-corrected chi connectivity index (χ4v) is 3.93. The Morgan fingerprint density at radius 1 is 1.14 bits per heavy atom. The molecular formula is C21H26N4O4. The zero-order valence-corrected chi connectivity index (χ0v) is 16.3. The van der Waals surface area contributed by atoms with E-state index in [1.165, 1.54) is 10.7 Å². The van der Waals surface area contributed by atoms with Gasteiger partial charge < -0.3 is 15.0 Å². The number of aromatic nitrogens is 2. The van der Waals surface area contributed by atoms with E-state index in [1.807, 2.05) is 30.3 Å². The number of likely N-dealkylation sites (tertiary alicyclic amines) is 1. The molecule has 8 heteroatoms. The Balaban J connectivity index is 1.30. The number of H-pyrrole nitrogens is 1. The second-order valence-electron chi connectivity index (χ2n) is 7.66. The molecule has 1 aromatic carbocycles. The number of carbonyl (C=O) groups excluding carboxylic acids is 2. The Hall–Kier alpha value is -2.87. The Kier molecular flexibility index (Phi) is 5.80. The van der Waals surface area contributed by atoms with Gasteiger partial charge in [-0.05, 0) is 43.7 Å². The van der Waals surface area contributed by atoms with Crippen LogP contribution in [0.15, 0.2) is 41.2 Å². The minimum Gasteiger partial charge on any atom is -0.368 e. The third kappa shape index (κ3) is 4.42. The number of hydrogen-bond acceptors (Lipinski definition) is 4. The summed E-state index contributed by atoms with van der Waals surface area (Å²) in [5.74, 6) is 0.150. The quantitative estimate of drug-likeness (QED) is 0.794. The van der Waals surface area contributed by atoms with Crippen molar-refractivity contribution in [1.29, 1.82) is 0 Å². The first kappa shape index (κ1) is 19.4. The SMILES string of the molecule is O=C(NCC1CCN(C(=O)c2cc(=O)n(-c3ccccc3)[nH]2)CC1)[C@@H]1CCCO1. The highest BCUT2D eigenvalue weighted by Crippen LogP contribution is 2.19. The highest BCUT2D eigenvalue weighted by atomic mass is 16.5. The predicted octanol–water partition coefficient (Wildman–Crippen LogP) is 1.31. The van der Waals surface area contributed by atoms with Crippen LogP contribution in [-0.2, 0) is 9.53 Å². The molecule has 2 aliphatic rings. The second kappa shape index (κ2) is 8.65. The van der Waals surface area contributed by atoms with Crippen molar-refractivity contribution in [3.8, 4) is 5.69 Å². The van der Waals surface area contributed by atoms with Crippen molar-refractivity contribution in [3.63, 3.8) is 0 Å². The maximum atomic E-state index is 12.8. The van der Waals surface area contributed by atoms with Crippen molar-refractivity contribution in [3.05, 3.63) is 52.4 Å². The van der Waals surface area contributed by atoms with Gasteiger partial charge in [0.15, 0.2) is 0 Å². The Labute approximate surface area is 168 Å². The van der Waals surface area contributed by atoms with Gasteiger partial charge in [0.05, 0.1) is 5.69 Å². The summed E-state index contributed by atoms with van der Waals surface area (Å²) in [5.41, 5.74) is 0.729. The lowest BCUT2D eigenvalue weighted by Gasteiger charge is -2.32. The maximum Gasteiger partial charge on any atom is 0.271 e. The maximum absolute atomic E-state index is 12.8. The molecule has 3 heterocycles. The molecule has 2 aromatic rings. The minimum absolute atomic E-state index is 0.0270. The average Bonchev–Trinajstić information content (AvgIpc) is 3.43. The summed E-state index contributed by atoms with van der Waals surface area (Å²) in [6, 6.07) is 10.5. The van der Waals surface area contributed by atoms with Gasteiger partial charge in [0.1, 0.15) is 11.8 Å². The van der Waals surface area contributed by atoms with Gasteiger partial charge in [-0.1, -0.05) is 18.2 Å². The Morgan fingerprint density at radius 3 is 2.59 bits per heavy atom. The number of para-hydroxylation sites is 1. The zero-order chi connectivity index (χ0) is 20.2. The normalized spacial score (nSPS) is 20.0. The molecule has 8 nitrogen and oxygen atoms in total. The third-order valence-corrected chi connectivity index (χ3v) is 5.65. The first-order chi connectivity index (χ1) is 14.1. The molecule has 0 bridgehead atoms. The number of carbonyl (C=O) groups is 2. The third-order valence-electron chi connectivity index (χ3n) is 5.65. The van der Waals surface area contributed by atoms with Crippen LogP contribution in [0.2, 0.25) is 0 Å². The molecule has 0 unspecified atom stereocenters. The van der Waals surface area contributed by atoms with E-state index in [-0.39, 0.29) is 23.5 Å². The lowest BCUT2D eigenvalue weighted by molar-refractivity contribution is -0.130. The van der Waals surface area contributed by atoms with E-state index in [0.717, 1.165) is 25.7 Å². The fourth-order valence-electron chi connectivity index (χ4n) is 3.93. The van der Waals surface area contributed by atoms with E-state index in [9.17, 15) is 14.4 Å². The number of amides is 2. The molecule has 154 valence electrons. The zero-order valence-electron chi connectivity index (χ0n) is 16.3. The van der Waals surface area contributed by atoms with Gasteiger partial charge in [0.25, 0.3) is 11.5 Å². The first-order valence-electron chi connectivity index (χ1n) is 10.2. The number of nitrogens with one attached hydrogen (secondary N) is 2. The van der Waals surface area contributed by atoms with Crippen molar-refractivity contribution < 1.29 is 14.3 Å². The molecule has 29 heavy (non-hydrogen) atoms. The van der Waals surface area contributed by atoms with Crippen molar-refractivity contribution >= 4 is 11.8 Å². The summed E-state index contributed by atoms with van der Waals surface area (Å²) < 4.78 is 6.78. The topological polar surface area (TPSA) is 96.4 Å². The van der Waals surface area contributed by atoms with Crippen LogP contribution in [0.3, 0.4) is 0 Å². The number of aromatic amines is 1. The molecule has 0 radical (unpaired) electrons. The van der Waals surface area contributed by atoms with Crippen LogP contribution < -0.4 is 10.9 Å². The molecule has 1 atom stereocenters. The molecule has 2 fully saturated rings. The first-order valence-corrected chi connectivity index (χ1v) is 10.2. The van der Waals surface area contributed by atoms with Gasteiger partial charge in [-0.15, -0.1) is 0 Å². The number of ether oxygens (including phenoxy) is 1. The van der Waals surface area contributed by atoms with E-state index in [0.29, 0.717) is 43.5 Å². The molecule has 1 aromatic heterocycles. The predicted molar refractivity (Wildman–Crippen MR) is 107 cm³/mol. The molecular weight excluding hydrogens is 372 g/mol. The highest BCUT2D eigenvalue weighted by Gasteiger charge is 2.27. The van der Waals surface area contributed by atoms with Gasteiger partial charge in [-0.3, -0.25) is 19.5 Å². The summed E-state index contributed by atoms with van der Waals surface area (Å²) in [5, 5.41) is 5.90. The lowest BCUT2D eigenvalue weighted by Crippen LogP contribution is -2.43. The second-order valence-corrected chi connectivity index (χ2v) is 7.66. The largest absolute Gasteiger partial charge is 0.368 e. The van der Waals surface area contributed by atoms with Crippen LogP contribution in [0.4, 0.5) is 0 Å². The molecule has 2 saturated heterocycles. The molecule has 2 aliphatic heterocycles. The highest BCUT2D eigenvalue weighted by molar-refractivity contribution is 5.92. The van der Waals surface area contributed by atoms with Crippen molar-refractivity contribution in [2.75, 3.05) is 26.2 Å². The number of benzene rings is 1. The van der Waals surface area contributed by atoms with E-state index >= 15 is 0 Å². The summed E-state index contributed by atoms with van der Waals surface area (Å²) in [4.78, 5) is 38.9. The summed E-state index contributed by atoms with van der Waals surface area (Å²) in [6.45, 7) is 2.49. The summed E-state index contributed by atoms with van der Waals surface area (Å²) >= 11 is 0. The standard InChI is InChI=1S/C21H26N4O4/c26-19-13-17(23-25(19)16-5-2-1-3-6-16)21(28)24-10-8-15(9-11-24)14-22-20(27)18-7-4-12-29-18/h1-3,5-6,13,15,18,23H,4,7-12,14H2,(H,22,27)/t18-/m0/s1. The van der Waals surface area contributed by atoms with Crippen molar-refractivity contribution in [1.82, 2.24) is 20.0 Å². The van der Waals surface area contributed by atoms with Crippen LogP contribution in [0.5, 0.6) is 0 Å². The van der Waals surface area contributed by atoms with Crippen molar-refractivity contribution in [2.45, 2.75) is 31.8 Å². The van der Waals surface area contributed by atoms with Crippen LogP contribution >= 0.6 is 0 Å². The van der Waals surface area contributed by atoms with E-state index in [4.69, 9.17) is 4.74 Å². The number of hydrogen-bond donors (Lipinski definition) is 2. The van der Waals surface area contributed by atoms with Crippen LogP contribution in [-0.4, -0.2) is 58.8 Å².